The minimum Gasteiger partial charge on any atom is -0.368 e. The number of pyridine rings is 1. The number of aryl methyl sites for hydroxylation is 1. The number of nitrogens with zero attached hydrogens (tertiary/aromatic N) is 8. The highest BCUT2D eigenvalue weighted by atomic mass is 19.1. The number of benzene rings is 3. The van der Waals surface area contributed by atoms with E-state index in [1.807, 2.05) is 53.3 Å². The molecule has 5 heterocycles. The van der Waals surface area contributed by atoms with Gasteiger partial charge in [0.15, 0.2) is 17.5 Å². The summed E-state index contributed by atoms with van der Waals surface area (Å²) in [5.41, 5.74) is 6.92. The number of piperazine rings is 1. The lowest BCUT2D eigenvalue weighted by atomic mass is 9.94. The van der Waals surface area contributed by atoms with Crippen molar-refractivity contribution in [2.24, 2.45) is 9.98 Å². The summed E-state index contributed by atoms with van der Waals surface area (Å²) < 4.78 is 15.5. The van der Waals surface area contributed by atoms with Crippen LogP contribution in [0.25, 0.3) is 5.69 Å². The quantitative estimate of drug-likeness (QED) is 0.259. The van der Waals surface area contributed by atoms with Crippen molar-refractivity contribution in [3.8, 4) is 5.69 Å². The molecule has 0 radical (unpaired) electrons. The largest absolute Gasteiger partial charge is 0.368 e. The van der Waals surface area contributed by atoms with E-state index in [4.69, 9.17) is 15.1 Å². The van der Waals surface area contributed by atoms with Crippen LogP contribution in [-0.4, -0.2) is 57.5 Å². The Balaban J connectivity index is 1.27. The van der Waals surface area contributed by atoms with Crippen molar-refractivity contribution < 1.29 is 4.39 Å². The number of aromatic nitrogens is 3. The third kappa shape index (κ3) is 4.27. The number of anilines is 2. The van der Waals surface area contributed by atoms with Gasteiger partial charge in [-0.3, -0.25) is 4.98 Å². The third-order valence-corrected chi connectivity index (χ3v) is 8.39. The van der Waals surface area contributed by atoms with Crippen LogP contribution in [0.2, 0.25) is 0 Å². The maximum atomic E-state index is 13.6. The molecule has 212 valence electrons. The zero-order valence-electron chi connectivity index (χ0n) is 23.7. The van der Waals surface area contributed by atoms with Crippen molar-refractivity contribution in [1.29, 1.82) is 0 Å². The number of rotatable bonds is 3. The van der Waals surface area contributed by atoms with Crippen molar-refractivity contribution >= 4 is 34.6 Å². The van der Waals surface area contributed by atoms with Gasteiger partial charge in [0.2, 0.25) is 0 Å². The van der Waals surface area contributed by atoms with Crippen LogP contribution in [0.15, 0.2) is 113 Å². The summed E-state index contributed by atoms with van der Waals surface area (Å²) in [6, 6.07) is 29.1. The lowest BCUT2D eigenvalue weighted by molar-refractivity contribution is 0.389. The smallest absolute Gasteiger partial charge is 0.179 e. The van der Waals surface area contributed by atoms with E-state index in [1.54, 1.807) is 6.20 Å². The number of amidine groups is 2. The first-order valence-electron chi connectivity index (χ1n) is 14.5. The number of hydrogen-bond acceptors (Lipinski definition) is 7. The van der Waals surface area contributed by atoms with Gasteiger partial charge >= 0.3 is 0 Å². The molecule has 43 heavy (non-hydrogen) atoms. The van der Waals surface area contributed by atoms with Crippen LogP contribution in [0.1, 0.15) is 22.9 Å². The van der Waals surface area contributed by atoms with Crippen molar-refractivity contribution in [2.75, 3.05) is 36.0 Å². The fourth-order valence-electron chi connectivity index (χ4n) is 6.34. The Morgan fingerprint density at radius 2 is 1.47 bits per heavy atom. The van der Waals surface area contributed by atoms with Gasteiger partial charge in [0.25, 0.3) is 0 Å². The molecule has 3 aromatic carbocycles. The predicted molar refractivity (Wildman–Crippen MR) is 168 cm³/mol. The lowest BCUT2D eigenvalue weighted by Crippen LogP contribution is -2.55. The van der Waals surface area contributed by atoms with Gasteiger partial charge in [0.05, 0.1) is 28.8 Å². The van der Waals surface area contributed by atoms with Gasteiger partial charge in [-0.05, 0) is 67.1 Å². The van der Waals surface area contributed by atoms with E-state index in [1.165, 1.54) is 12.1 Å². The number of halogens is 1. The Kier molecular flexibility index (Phi) is 6.03. The summed E-state index contributed by atoms with van der Waals surface area (Å²) in [6.45, 7) is 5.15. The molecular weight excluding hydrogens is 539 g/mol. The molecule has 9 heteroatoms. The van der Waals surface area contributed by atoms with E-state index in [-0.39, 0.29) is 11.9 Å². The van der Waals surface area contributed by atoms with Crippen molar-refractivity contribution in [3.63, 3.8) is 0 Å². The molecule has 0 saturated carbocycles. The highest BCUT2D eigenvalue weighted by Crippen LogP contribution is 2.48. The summed E-state index contributed by atoms with van der Waals surface area (Å²) in [5, 5.41) is 5.02. The maximum absolute atomic E-state index is 13.6. The highest BCUT2D eigenvalue weighted by Gasteiger charge is 2.43. The van der Waals surface area contributed by atoms with E-state index >= 15 is 0 Å². The molecule has 0 N–H and O–H groups in total. The van der Waals surface area contributed by atoms with Crippen molar-refractivity contribution in [1.82, 2.24) is 19.7 Å². The molecule has 0 bridgehead atoms. The summed E-state index contributed by atoms with van der Waals surface area (Å²) in [7, 11) is 0. The van der Waals surface area contributed by atoms with E-state index in [0.717, 1.165) is 83.2 Å². The Bertz CT molecular complexity index is 1860. The summed E-state index contributed by atoms with van der Waals surface area (Å²) in [4.78, 5) is 22.0. The minimum absolute atomic E-state index is 0.194. The molecule has 1 saturated heterocycles. The van der Waals surface area contributed by atoms with Gasteiger partial charge in [-0.2, -0.15) is 5.10 Å². The molecule has 8 nitrogen and oxygen atoms in total. The Morgan fingerprint density at radius 3 is 2.23 bits per heavy atom. The van der Waals surface area contributed by atoms with E-state index in [0.29, 0.717) is 0 Å². The molecule has 2 aromatic heterocycles. The second-order valence-corrected chi connectivity index (χ2v) is 10.9. The van der Waals surface area contributed by atoms with Crippen LogP contribution in [0.3, 0.4) is 0 Å². The van der Waals surface area contributed by atoms with Gasteiger partial charge in [-0.15, -0.1) is 0 Å². The second kappa shape index (κ2) is 10.2. The van der Waals surface area contributed by atoms with E-state index in [2.05, 4.69) is 63.0 Å². The van der Waals surface area contributed by atoms with Gasteiger partial charge in [0, 0.05) is 49.8 Å². The third-order valence-electron chi connectivity index (χ3n) is 8.39. The van der Waals surface area contributed by atoms with E-state index < -0.39 is 0 Å². The normalized spacial score (nSPS) is 17.5. The van der Waals surface area contributed by atoms with Gasteiger partial charge in [-0.25, -0.2) is 19.1 Å². The van der Waals surface area contributed by atoms with Gasteiger partial charge in [0.1, 0.15) is 5.82 Å². The number of fused-ring (bicyclic) bond motifs is 4. The summed E-state index contributed by atoms with van der Waals surface area (Å²) in [5.74, 6) is 2.23. The molecule has 0 aliphatic carbocycles. The number of para-hydroxylation sites is 3. The zero-order valence-corrected chi connectivity index (χ0v) is 23.7. The molecule has 0 unspecified atom stereocenters. The molecule has 3 aliphatic rings. The fraction of sp³-hybridized carbons (Fsp3) is 0.176. The van der Waals surface area contributed by atoms with Crippen LogP contribution in [-0.2, 0) is 0 Å². The SMILES string of the molecule is Cc1nn(-c2ccccc2)c2c1[C@@H](c1cccnc1)N1C(=N2)C(N2CCN(c3ccc(F)cc3)CC2)=Nc2ccccc21. The van der Waals surface area contributed by atoms with E-state index in [9.17, 15) is 4.39 Å². The number of hydrogen-bond donors (Lipinski definition) is 0. The maximum Gasteiger partial charge on any atom is 0.179 e. The van der Waals surface area contributed by atoms with Crippen molar-refractivity contribution in [2.45, 2.75) is 13.0 Å². The second-order valence-electron chi connectivity index (χ2n) is 10.9. The lowest BCUT2D eigenvalue weighted by Gasteiger charge is -2.44. The van der Waals surface area contributed by atoms with Gasteiger partial charge < -0.3 is 14.7 Å². The molecule has 1 atom stereocenters. The van der Waals surface area contributed by atoms with Crippen LogP contribution >= 0.6 is 0 Å². The first kappa shape index (κ1) is 25.4. The number of aliphatic imine (C=N–C) groups is 2. The average molecular weight is 569 g/mol. The predicted octanol–water partition coefficient (Wildman–Crippen LogP) is 6.22. The van der Waals surface area contributed by atoms with Crippen LogP contribution < -0.4 is 9.80 Å². The molecule has 1 fully saturated rings. The highest BCUT2D eigenvalue weighted by molar-refractivity contribution is 6.48. The average Bonchev–Trinajstić information content (AvgIpc) is 3.40. The molecule has 0 spiro atoms. The molecule has 5 aromatic rings. The van der Waals surface area contributed by atoms with Crippen LogP contribution in [0, 0.1) is 12.7 Å². The zero-order chi connectivity index (χ0) is 28.9. The minimum atomic E-state index is -0.222. The molecular formula is C34H29FN8. The first-order chi connectivity index (χ1) is 21.2. The standard InChI is InChI=1S/C34H29FN8/c1-23-30-31(24-8-7-17-36-22-24)42-29-12-6-5-11-28(29)37-33(34(42)38-32(30)43(39-23)27-9-3-2-4-10-27)41-20-18-40(19-21-41)26-15-13-25(35)14-16-26/h2-17,22,31H,18-21H2,1H3/t31-/m1/s1. The fourth-order valence-corrected chi connectivity index (χ4v) is 6.34. The first-order valence-corrected chi connectivity index (χ1v) is 14.5. The van der Waals surface area contributed by atoms with Gasteiger partial charge in [-0.1, -0.05) is 36.4 Å². The van der Waals surface area contributed by atoms with Crippen molar-refractivity contribution in [3.05, 3.63) is 126 Å². The Hall–Kier alpha value is -5.31. The summed E-state index contributed by atoms with van der Waals surface area (Å²) >= 11 is 0. The molecule has 3 aliphatic heterocycles. The molecule has 8 rings (SSSR count). The van der Waals surface area contributed by atoms with Crippen LogP contribution in [0.4, 0.5) is 27.3 Å². The Labute approximate surface area is 249 Å². The monoisotopic (exact) mass is 568 g/mol. The van der Waals surface area contributed by atoms with Crippen LogP contribution in [0.5, 0.6) is 0 Å². The topological polar surface area (TPSA) is 65.2 Å². The Morgan fingerprint density at radius 1 is 0.721 bits per heavy atom. The molecule has 0 amide bonds. The summed E-state index contributed by atoms with van der Waals surface area (Å²) in [6.07, 6.45) is 3.74.